The molecule has 1 aromatic rings. The van der Waals surface area contributed by atoms with Crippen LogP contribution in [0.15, 0.2) is 23.2 Å². The first-order valence-corrected chi connectivity index (χ1v) is 9.51. The van der Waals surface area contributed by atoms with Gasteiger partial charge in [0.1, 0.15) is 11.6 Å². The molecule has 27 heavy (non-hydrogen) atoms. The minimum atomic E-state index is -0.506. The van der Waals surface area contributed by atoms with Gasteiger partial charge in [0.2, 0.25) is 5.91 Å². The molecule has 2 unspecified atom stereocenters. The molecule has 7 heteroatoms. The molecule has 3 rings (SSSR count). The highest BCUT2D eigenvalue weighted by Crippen LogP contribution is 2.43. The minimum absolute atomic E-state index is 0.0633. The van der Waals surface area contributed by atoms with Crippen molar-refractivity contribution in [1.29, 1.82) is 0 Å². The summed E-state index contributed by atoms with van der Waals surface area (Å²) in [5, 5.41) is 6.50. The fourth-order valence-electron chi connectivity index (χ4n) is 4.15. The van der Waals surface area contributed by atoms with E-state index in [1.54, 1.807) is 26.0 Å². The number of hydrogen-bond acceptors (Lipinski definition) is 2. The number of rotatable bonds is 5. The first-order valence-electron chi connectivity index (χ1n) is 9.51. The van der Waals surface area contributed by atoms with Crippen LogP contribution in [-0.2, 0) is 4.79 Å². The number of carbonyl (C=O) groups is 1. The second kappa shape index (κ2) is 7.82. The van der Waals surface area contributed by atoms with Crippen molar-refractivity contribution in [2.45, 2.75) is 44.1 Å². The molecule has 5 nitrogen and oxygen atoms in total. The van der Waals surface area contributed by atoms with Crippen LogP contribution in [0.25, 0.3) is 0 Å². The molecule has 2 saturated carbocycles. The fraction of sp³-hybridized carbons (Fsp3) is 0.600. The standard InChI is InChI=1S/C20H28F2N4O/c1-23-19(24-12-20(9-4-5-10-20)18(27)26(2)3)25-16-11-13(16)17-14(21)7-6-8-15(17)22/h6-8,13,16H,4-5,9-12H2,1-3H3,(H2,23,24,25). The molecule has 2 fully saturated rings. The van der Waals surface area contributed by atoms with Gasteiger partial charge in [-0.2, -0.15) is 0 Å². The van der Waals surface area contributed by atoms with Gasteiger partial charge in [-0.05, 0) is 31.4 Å². The van der Waals surface area contributed by atoms with Crippen LogP contribution in [0.1, 0.15) is 43.6 Å². The van der Waals surface area contributed by atoms with Crippen LogP contribution >= 0.6 is 0 Å². The van der Waals surface area contributed by atoms with Gasteiger partial charge in [-0.3, -0.25) is 9.79 Å². The lowest BCUT2D eigenvalue weighted by Crippen LogP contribution is -2.49. The van der Waals surface area contributed by atoms with Crippen molar-refractivity contribution in [1.82, 2.24) is 15.5 Å². The van der Waals surface area contributed by atoms with Crippen LogP contribution in [0.5, 0.6) is 0 Å². The molecule has 2 atom stereocenters. The molecule has 0 aromatic heterocycles. The highest BCUT2D eigenvalue weighted by atomic mass is 19.1. The molecule has 2 N–H and O–H groups in total. The number of aliphatic imine (C=N–C) groups is 1. The van der Waals surface area contributed by atoms with Gasteiger partial charge in [0.25, 0.3) is 0 Å². The van der Waals surface area contributed by atoms with E-state index in [-0.39, 0.29) is 23.4 Å². The van der Waals surface area contributed by atoms with Crippen molar-refractivity contribution in [2.75, 3.05) is 27.7 Å². The maximum absolute atomic E-state index is 13.9. The van der Waals surface area contributed by atoms with Crippen LogP contribution < -0.4 is 10.6 Å². The second-order valence-electron chi connectivity index (χ2n) is 7.84. The first kappa shape index (κ1) is 19.6. The molecule has 2 aliphatic carbocycles. The molecule has 1 aromatic carbocycles. The number of nitrogens with zero attached hydrogens (tertiary/aromatic N) is 2. The zero-order valence-corrected chi connectivity index (χ0v) is 16.2. The zero-order valence-electron chi connectivity index (χ0n) is 16.2. The molecular weight excluding hydrogens is 350 g/mol. The Morgan fingerprint density at radius 2 is 1.89 bits per heavy atom. The average molecular weight is 378 g/mol. The average Bonchev–Trinajstić information content (AvgIpc) is 3.20. The molecule has 0 radical (unpaired) electrons. The molecule has 0 aliphatic heterocycles. The van der Waals surface area contributed by atoms with Crippen LogP contribution in [-0.4, -0.2) is 50.5 Å². The normalized spacial score (nSPS) is 23.8. The third-order valence-corrected chi connectivity index (χ3v) is 5.72. The molecule has 0 saturated heterocycles. The molecular formula is C20H28F2N4O. The summed E-state index contributed by atoms with van der Waals surface area (Å²) in [6.45, 7) is 0.509. The highest BCUT2D eigenvalue weighted by molar-refractivity contribution is 5.85. The maximum atomic E-state index is 13.9. The number of carbonyl (C=O) groups excluding carboxylic acids is 1. The Kier molecular flexibility index (Phi) is 5.67. The van der Waals surface area contributed by atoms with Crippen molar-refractivity contribution in [3.8, 4) is 0 Å². The Morgan fingerprint density at radius 3 is 2.44 bits per heavy atom. The number of hydrogen-bond donors (Lipinski definition) is 2. The summed E-state index contributed by atoms with van der Waals surface area (Å²) >= 11 is 0. The zero-order chi connectivity index (χ0) is 19.6. The van der Waals surface area contributed by atoms with Gasteiger partial charge < -0.3 is 15.5 Å². The van der Waals surface area contributed by atoms with Gasteiger partial charge in [-0.25, -0.2) is 8.78 Å². The first-order chi connectivity index (χ1) is 12.9. The summed E-state index contributed by atoms with van der Waals surface area (Å²) in [6, 6.07) is 3.89. The van der Waals surface area contributed by atoms with E-state index in [9.17, 15) is 13.6 Å². The monoisotopic (exact) mass is 378 g/mol. The number of benzene rings is 1. The minimum Gasteiger partial charge on any atom is -0.355 e. The van der Waals surface area contributed by atoms with Gasteiger partial charge in [0.05, 0.1) is 5.41 Å². The third-order valence-electron chi connectivity index (χ3n) is 5.72. The van der Waals surface area contributed by atoms with E-state index in [4.69, 9.17) is 0 Å². The fourth-order valence-corrected chi connectivity index (χ4v) is 4.15. The quantitative estimate of drug-likeness (QED) is 0.612. The Balaban J connectivity index is 1.60. The smallest absolute Gasteiger partial charge is 0.230 e. The Bertz CT molecular complexity index is 708. The molecule has 0 bridgehead atoms. The lowest BCUT2D eigenvalue weighted by molar-refractivity contribution is -0.138. The highest BCUT2D eigenvalue weighted by Gasteiger charge is 2.44. The Hall–Kier alpha value is -2.18. The predicted molar refractivity (Wildman–Crippen MR) is 102 cm³/mol. The molecule has 2 aliphatic rings. The van der Waals surface area contributed by atoms with Crippen LogP contribution in [0.4, 0.5) is 8.78 Å². The van der Waals surface area contributed by atoms with Gasteiger partial charge >= 0.3 is 0 Å². The van der Waals surface area contributed by atoms with Crippen LogP contribution in [0.3, 0.4) is 0 Å². The summed E-state index contributed by atoms with van der Waals surface area (Å²) in [4.78, 5) is 18.5. The van der Waals surface area contributed by atoms with Crippen molar-refractivity contribution in [3.63, 3.8) is 0 Å². The van der Waals surface area contributed by atoms with Crippen molar-refractivity contribution < 1.29 is 13.6 Å². The molecule has 0 spiro atoms. The van der Waals surface area contributed by atoms with E-state index >= 15 is 0 Å². The summed E-state index contributed by atoms with van der Waals surface area (Å²) in [5.41, 5.74) is -0.262. The summed E-state index contributed by atoms with van der Waals surface area (Å²) in [7, 11) is 5.23. The SMILES string of the molecule is CN=C(NCC1(C(=O)N(C)C)CCCC1)NC1CC1c1c(F)cccc1F. The number of halogens is 2. The van der Waals surface area contributed by atoms with Crippen LogP contribution in [0.2, 0.25) is 0 Å². The predicted octanol–water partition coefficient (Wildman–Crippen LogP) is 2.63. The lowest BCUT2D eigenvalue weighted by Gasteiger charge is -2.31. The van der Waals surface area contributed by atoms with Gasteiger partial charge in [0, 0.05) is 45.2 Å². The van der Waals surface area contributed by atoms with E-state index in [0.29, 0.717) is 18.9 Å². The summed E-state index contributed by atoms with van der Waals surface area (Å²) in [6.07, 6.45) is 4.47. The number of amides is 1. The Labute approximate surface area is 159 Å². The number of nitrogens with one attached hydrogen (secondary N) is 2. The maximum Gasteiger partial charge on any atom is 0.230 e. The van der Waals surface area contributed by atoms with Crippen LogP contribution in [0, 0.1) is 17.0 Å². The van der Waals surface area contributed by atoms with E-state index in [1.165, 1.54) is 18.2 Å². The lowest BCUT2D eigenvalue weighted by atomic mass is 9.84. The van der Waals surface area contributed by atoms with Crippen molar-refractivity contribution in [3.05, 3.63) is 35.4 Å². The third kappa shape index (κ3) is 4.06. The molecule has 0 heterocycles. The Morgan fingerprint density at radius 1 is 1.26 bits per heavy atom. The van der Waals surface area contributed by atoms with E-state index in [0.717, 1.165) is 25.7 Å². The van der Waals surface area contributed by atoms with E-state index in [1.807, 2.05) is 0 Å². The van der Waals surface area contributed by atoms with Gasteiger partial charge in [-0.15, -0.1) is 0 Å². The van der Waals surface area contributed by atoms with E-state index in [2.05, 4.69) is 15.6 Å². The largest absolute Gasteiger partial charge is 0.355 e. The van der Waals surface area contributed by atoms with E-state index < -0.39 is 17.0 Å². The topological polar surface area (TPSA) is 56.7 Å². The summed E-state index contributed by atoms with van der Waals surface area (Å²) < 4.78 is 27.9. The molecule has 1 amide bonds. The van der Waals surface area contributed by atoms with Gasteiger partial charge in [0.15, 0.2) is 5.96 Å². The van der Waals surface area contributed by atoms with Crippen molar-refractivity contribution in [2.24, 2.45) is 10.4 Å². The second-order valence-corrected chi connectivity index (χ2v) is 7.84. The molecule has 148 valence electrons. The van der Waals surface area contributed by atoms with Gasteiger partial charge in [-0.1, -0.05) is 18.9 Å². The summed E-state index contributed by atoms with van der Waals surface area (Å²) in [5.74, 6) is -0.506. The van der Waals surface area contributed by atoms with Crippen molar-refractivity contribution >= 4 is 11.9 Å². The number of guanidine groups is 1.